The molecule has 13 nitrogen and oxygen atoms in total. The van der Waals surface area contributed by atoms with Crippen LogP contribution in [0.1, 0.15) is 121 Å². The van der Waals surface area contributed by atoms with Crippen LogP contribution in [0.4, 0.5) is 0 Å². The van der Waals surface area contributed by atoms with Gasteiger partial charge in [-0.2, -0.15) is 0 Å². The third kappa shape index (κ3) is 9.49. The molecular weight excluding hydrogens is 698 g/mol. The molecule has 0 saturated carbocycles. The lowest BCUT2D eigenvalue weighted by atomic mass is 9.76. The summed E-state index contributed by atoms with van der Waals surface area (Å²) in [6.45, 7) is 21.5. The molecule has 2 bridgehead atoms. The predicted molar refractivity (Wildman–Crippen MR) is 202 cm³/mol. The molecule has 0 aliphatic carbocycles. The van der Waals surface area contributed by atoms with Crippen molar-refractivity contribution in [2.45, 2.75) is 211 Å². The van der Waals surface area contributed by atoms with Gasteiger partial charge in [-0.05, 0) is 86.7 Å². The lowest BCUT2D eigenvalue weighted by Crippen LogP contribution is -2.60. The Morgan fingerprint density at radius 2 is 1.67 bits per heavy atom. The van der Waals surface area contributed by atoms with E-state index in [2.05, 4.69) is 18.7 Å². The molecule has 0 aromatic heterocycles. The van der Waals surface area contributed by atoms with Gasteiger partial charge < -0.3 is 58.5 Å². The van der Waals surface area contributed by atoms with Crippen molar-refractivity contribution < 1.29 is 58.4 Å². The van der Waals surface area contributed by atoms with E-state index in [4.69, 9.17) is 33.2 Å². The summed E-state index contributed by atoms with van der Waals surface area (Å²) in [5.74, 6) is -2.68. The predicted octanol–water partition coefficient (Wildman–Crippen LogP) is 4.18. The highest BCUT2D eigenvalue weighted by Gasteiger charge is 2.59. The second-order valence-corrected chi connectivity index (χ2v) is 18.0. The Kier molecular flexibility index (Phi) is 15.5. The summed E-state index contributed by atoms with van der Waals surface area (Å²) in [4.78, 5) is 16.6. The van der Waals surface area contributed by atoms with Crippen LogP contribution in [0.3, 0.4) is 0 Å². The van der Waals surface area contributed by atoms with Crippen LogP contribution in [0.5, 0.6) is 0 Å². The summed E-state index contributed by atoms with van der Waals surface area (Å²) in [6.07, 6.45) is -4.11. The van der Waals surface area contributed by atoms with Crippen molar-refractivity contribution in [1.82, 2.24) is 4.90 Å². The number of hydrogen-bond acceptors (Lipinski definition) is 13. The number of cyclic esters (lactones) is 1. The highest BCUT2D eigenvalue weighted by atomic mass is 16.7. The second-order valence-electron chi connectivity index (χ2n) is 18.0. The molecule has 4 fully saturated rings. The van der Waals surface area contributed by atoms with Crippen molar-refractivity contribution in [2.24, 2.45) is 23.7 Å². The molecule has 4 aliphatic heterocycles. The fourth-order valence-electron chi connectivity index (χ4n) is 9.90. The number of esters is 1. The van der Waals surface area contributed by atoms with Gasteiger partial charge in [0.25, 0.3) is 0 Å². The normalized spacial score (nSPS) is 46.8. The van der Waals surface area contributed by atoms with E-state index < -0.39 is 102 Å². The van der Waals surface area contributed by atoms with Gasteiger partial charge in [0, 0.05) is 31.4 Å². The van der Waals surface area contributed by atoms with E-state index in [9.17, 15) is 25.2 Å². The number of aliphatic hydroxyl groups is 4. The number of likely N-dealkylation sites (N-methyl/N-ethyl adjacent to an activating group) is 1. The molecule has 316 valence electrons. The number of fused-ring (bicyclic) bond motifs is 2. The molecule has 0 amide bonds. The third-order valence-corrected chi connectivity index (χ3v) is 13.4. The van der Waals surface area contributed by atoms with E-state index in [1.54, 1.807) is 27.7 Å². The van der Waals surface area contributed by atoms with Gasteiger partial charge in [-0.1, -0.05) is 47.5 Å². The number of carbonyl (C=O) groups is 1. The molecule has 4 aliphatic rings. The Morgan fingerprint density at radius 3 is 2.28 bits per heavy atom. The van der Waals surface area contributed by atoms with Crippen LogP contribution in [0, 0.1) is 23.7 Å². The van der Waals surface area contributed by atoms with Gasteiger partial charge in [0.2, 0.25) is 0 Å². The molecule has 0 aromatic rings. The highest BCUT2D eigenvalue weighted by Crippen LogP contribution is 2.48. The van der Waals surface area contributed by atoms with E-state index in [1.165, 1.54) is 14.0 Å². The maximum absolute atomic E-state index is 14.4. The maximum atomic E-state index is 14.4. The monoisotopic (exact) mass is 774 g/mol. The quantitative estimate of drug-likeness (QED) is 0.156. The van der Waals surface area contributed by atoms with Gasteiger partial charge >= 0.3 is 5.97 Å². The van der Waals surface area contributed by atoms with Crippen molar-refractivity contribution in [3.05, 3.63) is 0 Å². The molecule has 0 radical (unpaired) electrons. The van der Waals surface area contributed by atoms with Crippen LogP contribution in [0.2, 0.25) is 0 Å². The first-order chi connectivity index (χ1) is 25.1. The molecule has 4 rings (SSSR count). The minimum atomic E-state index is -1.79. The van der Waals surface area contributed by atoms with E-state index >= 15 is 0 Å². The summed E-state index contributed by atoms with van der Waals surface area (Å²) in [7, 11) is 3.58. The average Bonchev–Trinajstić information content (AvgIpc) is 3.43. The third-order valence-electron chi connectivity index (χ3n) is 13.4. The van der Waals surface area contributed by atoms with E-state index in [0.29, 0.717) is 12.8 Å². The first kappa shape index (κ1) is 45.7. The van der Waals surface area contributed by atoms with Crippen LogP contribution >= 0.6 is 0 Å². The molecule has 54 heavy (non-hydrogen) atoms. The van der Waals surface area contributed by atoms with Gasteiger partial charge in [0.15, 0.2) is 12.6 Å². The number of methoxy groups -OCH3 is 1. The van der Waals surface area contributed by atoms with Gasteiger partial charge in [-0.25, -0.2) is 0 Å². The molecular formula is C41H75NO12. The summed E-state index contributed by atoms with van der Waals surface area (Å²) in [5.41, 5.74) is -3.73. The summed E-state index contributed by atoms with van der Waals surface area (Å²) in [6, 6.07) is -0.193. The molecule has 19 atom stereocenters. The van der Waals surface area contributed by atoms with Crippen LogP contribution in [0.25, 0.3) is 0 Å². The second kappa shape index (κ2) is 18.3. The first-order valence-electron chi connectivity index (χ1n) is 20.7. The molecule has 13 heteroatoms. The minimum Gasteiger partial charge on any atom is -0.459 e. The van der Waals surface area contributed by atoms with Gasteiger partial charge in [0.05, 0.1) is 53.7 Å². The Morgan fingerprint density at radius 1 is 1.00 bits per heavy atom. The standard InChI is InChI=1S/C41H75NO12/c1-14-16-17-18-42(12)28-19-23(4)49-38(31(28)44)53-35-25(6)33(51-30-21-39(9,48-13)34(45)27(8)50-30)26(7)37(46)52-36(41(11,47)29(43)15-2)24(5)32-22(3)20-40(35,10)54-32/h22-36,38,43-45,47H,14-21H2,1-13H3/t22-,23-,24+,25+,26-,27+,28+,29-,30+,31-,32+,33+,34+,35-,36-,38+,39-,40-,41-/m1/s1. The van der Waals surface area contributed by atoms with E-state index in [0.717, 1.165) is 25.8 Å². The Hall–Kier alpha value is -0.970. The fraction of sp³-hybridized carbons (Fsp3) is 0.976. The van der Waals surface area contributed by atoms with Crippen LogP contribution < -0.4 is 0 Å². The smallest absolute Gasteiger partial charge is 0.311 e. The van der Waals surface area contributed by atoms with Crippen molar-refractivity contribution >= 4 is 5.97 Å². The lowest BCUT2D eigenvalue weighted by molar-refractivity contribution is -0.318. The molecule has 0 unspecified atom stereocenters. The Bertz CT molecular complexity index is 1210. The Labute approximate surface area is 324 Å². The Balaban J connectivity index is 1.80. The lowest BCUT2D eigenvalue weighted by Gasteiger charge is -2.48. The highest BCUT2D eigenvalue weighted by molar-refractivity contribution is 5.73. The molecule has 0 spiro atoms. The zero-order valence-corrected chi connectivity index (χ0v) is 35.4. The zero-order chi connectivity index (χ0) is 40.5. The number of ether oxygens (including phenoxy) is 7. The van der Waals surface area contributed by atoms with Gasteiger partial charge in [0.1, 0.15) is 23.9 Å². The largest absolute Gasteiger partial charge is 0.459 e. The number of carbonyl (C=O) groups excluding carboxylic acids is 1. The molecule has 4 heterocycles. The van der Waals surface area contributed by atoms with Crippen LogP contribution in [-0.4, -0.2) is 142 Å². The number of hydrogen-bond donors (Lipinski definition) is 4. The average molecular weight is 774 g/mol. The molecule has 4 N–H and O–H groups in total. The SMILES string of the molecule is CCCCCN(C)[C@H]1C[C@@H](C)O[C@@H](O[C@@H]2[C@@H](C)[C@H](O[C@H]3C[C@@](C)(OC)[C@@H](O)[C@H](C)O3)[C@@H](C)C(=O)O[C@@H]([C@](C)(O)[C@H](O)CC)[C@@H](C)[C@H]3O[C@]2(C)C[C@H]3C)[C@@H]1O. The van der Waals surface area contributed by atoms with Crippen molar-refractivity contribution in [3.8, 4) is 0 Å². The topological polar surface area (TPSA) is 166 Å². The van der Waals surface area contributed by atoms with Crippen molar-refractivity contribution in [1.29, 1.82) is 0 Å². The summed E-state index contributed by atoms with van der Waals surface area (Å²) in [5, 5.41) is 45.8. The zero-order valence-electron chi connectivity index (χ0n) is 35.4. The van der Waals surface area contributed by atoms with Crippen molar-refractivity contribution in [2.75, 3.05) is 20.7 Å². The first-order valence-corrected chi connectivity index (χ1v) is 20.7. The summed E-state index contributed by atoms with van der Waals surface area (Å²) < 4.78 is 45.5. The van der Waals surface area contributed by atoms with Crippen LogP contribution in [-0.2, 0) is 38.0 Å². The fourth-order valence-corrected chi connectivity index (χ4v) is 9.90. The molecule has 0 aromatic carbocycles. The number of rotatable bonds is 13. The summed E-state index contributed by atoms with van der Waals surface area (Å²) >= 11 is 0. The van der Waals surface area contributed by atoms with Gasteiger partial charge in [-0.15, -0.1) is 0 Å². The van der Waals surface area contributed by atoms with E-state index in [1.807, 2.05) is 34.7 Å². The maximum Gasteiger partial charge on any atom is 0.311 e. The van der Waals surface area contributed by atoms with Crippen molar-refractivity contribution in [3.63, 3.8) is 0 Å². The van der Waals surface area contributed by atoms with E-state index in [-0.39, 0.29) is 30.9 Å². The number of unbranched alkanes of at least 4 members (excludes halogenated alkanes) is 2. The van der Waals surface area contributed by atoms with Gasteiger partial charge in [-0.3, -0.25) is 4.79 Å². The molecule has 4 saturated heterocycles. The minimum absolute atomic E-state index is 0.0599. The van der Waals surface area contributed by atoms with Crippen LogP contribution in [0.15, 0.2) is 0 Å². The number of nitrogens with zero attached hydrogens (tertiary/aromatic N) is 1. The number of aliphatic hydroxyl groups excluding tert-OH is 3.